The first kappa shape index (κ1) is 31.7. The molecule has 1 aliphatic heterocycles. The molecule has 3 aromatic carbocycles. The van der Waals surface area contributed by atoms with Gasteiger partial charge in [0.2, 0.25) is 5.91 Å². The van der Waals surface area contributed by atoms with Crippen molar-refractivity contribution in [3.8, 4) is 11.1 Å². The summed E-state index contributed by atoms with van der Waals surface area (Å²) in [5.41, 5.74) is 12.4. The minimum Gasteiger partial charge on any atom is -0.450 e. The molecule has 0 bridgehead atoms. The molecule has 9 nitrogen and oxygen atoms in total. The second kappa shape index (κ2) is 14.3. The molecule has 2 unspecified atom stereocenters. The van der Waals surface area contributed by atoms with Crippen LogP contribution in [0.3, 0.4) is 0 Å². The number of amides is 3. The summed E-state index contributed by atoms with van der Waals surface area (Å²) in [7, 11) is 0. The van der Waals surface area contributed by atoms with Gasteiger partial charge in [0.05, 0.1) is 18.8 Å². The first-order valence-electron chi connectivity index (χ1n) is 14.5. The molecule has 0 aromatic heterocycles. The van der Waals surface area contributed by atoms with Gasteiger partial charge in [-0.1, -0.05) is 48.5 Å². The second-order valence-corrected chi connectivity index (χ2v) is 11.0. The van der Waals surface area contributed by atoms with E-state index in [1.165, 1.54) is 6.07 Å². The van der Waals surface area contributed by atoms with Crippen molar-refractivity contribution >= 4 is 17.9 Å². The Hall–Kier alpha value is -4.28. The predicted molar refractivity (Wildman–Crippen MR) is 161 cm³/mol. The van der Waals surface area contributed by atoms with Gasteiger partial charge in [0, 0.05) is 36.7 Å². The fourth-order valence-electron chi connectivity index (χ4n) is 6.00. The van der Waals surface area contributed by atoms with Gasteiger partial charge in [0.1, 0.15) is 5.82 Å². The maximum Gasteiger partial charge on any atom is 0.404 e. The fraction of sp³-hybridized carbons (Fsp3) is 0.364. The highest BCUT2D eigenvalue weighted by Crippen LogP contribution is 2.46. The number of carbonyl (C=O) groups is 3. The van der Waals surface area contributed by atoms with E-state index in [9.17, 15) is 19.5 Å². The van der Waals surface area contributed by atoms with E-state index in [0.717, 1.165) is 11.1 Å². The normalized spacial score (nSPS) is 16.3. The van der Waals surface area contributed by atoms with Crippen LogP contribution < -0.4 is 16.8 Å². The van der Waals surface area contributed by atoms with Gasteiger partial charge >= 0.3 is 6.09 Å². The number of nitrogens with one attached hydrogen (secondary N) is 1. The van der Waals surface area contributed by atoms with Crippen LogP contribution in [0.2, 0.25) is 0 Å². The number of benzene rings is 3. The molecule has 3 amide bonds. The monoisotopic (exact) mass is 590 g/mol. The lowest BCUT2D eigenvalue weighted by molar-refractivity contribution is -0.117. The third-order valence-corrected chi connectivity index (χ3v) is 8.02. The Morgan fingerprint density at radius 3 is 2.47 bits per heavy atom. The van der Waals surface area contributed by atoms with Crippen molar-refractivity contribution in [3.63, 3.8) is 0 Å². The number of rotatable bonds is 12. The molecular formula is C33H39FN4O5. The fourth-order valence-corrected chi connectivity index (χ4v) is 6.00. The Morgan fingerprint density at radius 1 is 1.07 bits per heavy atom. The van der Waals surface area contributed by atoms with Crippen LogP contribution in [0.15, 0.2) is 66.7 Å². The third kappa shape index (κ3) is 7.77. The Morgan fingerprint density at radius 2 is 1.79 bits per heavy atom. The van der Waals surface area contributed by atoms with Gasteiger partial charge in [-0.3, -0.25) is 9.59 Å². The third-order valence-electron chi connectivity index (χ3n) is 8.02. The number of primary amides is 2. The number of carbonyl (C=O) groups excluding carboxylic acids is 3. The standard InChI is InChI=1S/C33H39FN4O5/c1-22-10-15-27(34)29(24-7-3-2-4-8-24)30(22)33(42,16-6-18-43-32(36)41)26-9-5-17-38(21-26)31(40)25-13-11-23(12-14-25)19-37-20-28(35)39/h2-4,7-8,10-15,26,37,42H,5-6,9,16-21H2,1H3,(H2,35,39)(H2,36,41). The van der Waals surface area contributed by atoms with Gasteiger partial charge in [-0.2, -0.15) is 0 Å². The number of aryl methyl sites for hydroxylation is 1. The van der Waals surface area contributed by atoms with Crippen molar-refractivity contribution < 1.29 is 28.6 Å². The predicted octanol–water partition coefficient (Wildman–Crippen LogP) is 3.99. The summed E-state index contributed by atoms with van der Waals surface area (Å²) in [6.07, 6.45) is 0.829. The minimum absolute atomic E-state index is 0.00267. The maximum atomic E-state index is 15.6. The average molecular weight is 591 g/mol. The molecule has 10 heteroatoms. The lowest BCUT2D eigenvalue weighted by Gasteiger charge is -2.44. The van der Waals surface area contributed by atoms with E-state index in [1.807, 2.05) is 49.4 Å². The number of hydrogen-bond acceptors (Lipinski definition) is 6. The van der Waals surface area contributed by atoms with Crippen LogP contribution in [-0.2, 0) is 21.7 Å². The molecule has 0 aliphatic carbocycles. The zero-order valence-electron chi connectivity index (χ0n) is 24.4. The van der Waals surface area contributed by atoms with E-state index < -0.39 is 29.3 Å². The zero-order valence-corrected chi connectivity index (χ0v) is 24.4. The summed E-state index contributed by atoms with van der Waals surface area (Å²) >= 11 is 0. The van der Waals surface area contributed by atoms with Crippen LogP contribution in [0.4, 0.5) is 9.18 Å². The highest BCUT2D eigenvalue weighted by atomic mass is 19.1. The smallest absolute Gasteiger partial charge is 0.404 e. The van der Waals surface area contributed by atoms with Crippen molar-refractivity contribution in [2.24, 2.45) is 17.4 Å². The molecule has 1 aliphatic rings. The SMILES string of the molecule is Cc1ccc(F)c(-c2ccccc2)c1C(O)(CCCOC(N)=O)C1CCCN(C(=O)c2ccc(CNCC(N)=O)cc2)C1. The van der Waals surface area contributed by atoms with Crippen molar-refractivity contribution in [3.05, 3.63) is 94.8 Å². The van der Waals surface area contributed by atoms with Crippen LogP contribution in [0.5, 0.6) is 0 Å². The number of nitrogens with two attached hydrogens (primary N) is 2. The van der Waals surface area contributed by atoms with Gasteiger partial charge in [-0.15, -0.1) is 0 Å². The average Bonchev–Trinajstić information content (AvgIpc) is 3.00. The number of halogens is 1. The molecule has 0 saturated carbocycles. The van der Waals surface area contributed by atoms with Crippen LogP contribution in [0, 0.1) is 18.7 Å². The zero-order chi connectivity index (χ0) is 31.0. The van der Waals surface area contributed by atoms with Crippen molar-refractivity contribution in [2.45, 2.75) is 44.8 Å². The van der Waals surface area contributed by atoms with Crippen LogP contribution in [0.1, 0.15) is 52.7 Å². The van der Waals surface area contributed by atoms with Crippen molar-refractivity contribution in [1.29, 1.82) is 0 Å². The topological polar surface area (TPSA) is 148 Å². The number of hydrogen-bond donors (Lipinski definition) is 4. The highest BCUT2D eigenvalue weighted by molar-refractivity contribution is 5.94. The molecule has 4 rings (SSSR count). The van der Waals surface area contributed by atoms with E-state index >= 15 is 4.39 Å². The number of likely N-dealkylation sites (tertiary alicyclic amines) is 1. The summed E-state index contributed by atoms with van der Waals surface area (Å²) in [4.78, 5) is 37.5. The van der Waals surface area contributed by atoms with Gasteiger partial charge in [0.25, 0.3) is 5.91 Å². The summed E-state index contributed by atoms with van der Waals surface area (Å²) in [5.74, 6) is -1.48. The number of ether oxygens (including phenoxy) is 1. The van der Waals surface area contributed by atoms with E-state index in [0.29, 0.717) is 54.6 Å². The van der Waals surface area contributed by atoms with Gasteiger partial charge in [0.15, 0.2) is 0 Å². The quantitative estimate of drug-likeness (QED) is 0.235. The van der Waals surface area contributed by atoms with E-state index in [4.69, 9.17) is 16.2 Å². The first-order valence-corrected chi connectivity index (χ1v) is 14.5. The summed E-state index contributed by atoms with van der Waals surface area (Å²) < 4.78 is 20.5. The largest absolute Gasteiger partial charge is 0.450 e. The molecule has 6 N–H and O–H groups in total. The molecule has 1 heterocycles. The number of nitrogens with zero attached hydrogens (tertiary/aromatic N) is 1. The van der Waals surface area contributed by atoms with E-state index in [1.54, 1.807) is 23.1 Å². The summed E-state index contributed by atoms with van der Waals surface area (Å²) in [6, 6.07) is 19.3. The Labute approximate surface area is 251 Å². The maximum absolute atomic E-state index is 15.6. The lowest BCUT2D eigenvalue weighted by Crippen LogP contribution is -2.48. The van der Waals surface area contributed by atoms with Crippen LogP contribution in [-0.4, -0.2) is 54.2 Å². The molecule has 2 atom stereocenters. The van der Waals surface area contributed by atoms with Crippen molar-refractivity contribution in [2.75, 3.05) is 26.2 Å². The van der Waals surface area contributed by atoms with Crippen molar-refractivity contribution in [1.82, 2.24) is 10.2 Å². The molecular weight excluding hydrogens is 551 g/mol. The van der Waals surface area contributed by atoms with E-state index in [-0.39, 0.29) is 32.0 Å². The highest BCUT2D eigenvalue weighted by Gasteiger charge is 2.44. The van der Waals surface area contributed by atoms with Gasteiger partial charge < -0.3 is 31.5 Å². The summed E-state index contributed by atoms with van der Waals surface area (Å²) in [5, 5.41) is 15.6. The van der Waals surface area contributed by atoms with Crippen LogP contribution >= 0.6 is 0 Å². The molecule has 0 spiro atoms. The lowest BCUT2D eigenvalue weighted by atomic mass is 9.70. The Balaban J connectivity index is 1.64. The molecule has 1 fully saturated rings. The summed E-state index contributed by atoms with van der Waals surface area (Å²) in [6.45, 7) is 3.13. The van der Waals surface area contributed by atoms with Gasteiger partial charge in [-0.05, 0) is 73.1 Å². The Bertz CT molecular complexity index is 1430. The van der Waals surface area contributed by atoms with Crippen LogP contribution in [0.25, 0.3) is 11.1 Å². The molecule has 43 heavy (non-hydrogen) atoms. The minimum atomic E-state index is -1.53. The molecule has 228 valence electrons. The number of aliphatic hydroxyl groups is 1. The second-order valence-electron chi connectivity index (χ2n) is 11.0. The van der Waals surface area contributed by atoms with Gasteiger partial charge in [-0.25, -0.2) is 9.18 Å². The van der Waals surface area contributed by atoms with E-state index in [2.05, 4.69) is 5.32 Å². The number of piperidine rings is 1. The molecule has 1 saturated heterocycles. The molecule has 3 aromatic rings. The Kier molecular flexibility index (Phi) is 10.5. The molecule has 0 radical (unpaired) electrons. The first-order chi connectivity index (χ1) is 20.6.